The minimum atomic E-state index is -2.70. The Hall–Kier alpha value is -7.46. The van der Waals surface area contributed by atoms with E-state index in [1.807, 2.05) is 0 Å². The molecule has 0 saturated heterocycles. The largest absolute Gasteiger partial charge is 0.494 e. The number of nitrogens with two attached hydrogens (primary N) is 2. The number of unbranched alkanes of at least 4 members (excludes halogenated alkanes) is 18. The van der Waals surface area contributed by atoms with E-state index in [-0.39, 0.29) is 12.8 Å². The Bertz CT molecular complexity index is 2840. The molecule has 0 saturated carbocycles. The number of esters is 3. The summed E-state index contributed by atoms with van der Waals surface area (Å²) in [5, 5.41) is 38.5. The van der Waals surface area contributed by atoms with Gasteiger partial charge in [0.25, 0.3) is 0 Å². The number of ketones is 2. The topological polar surface area (TPSA) is 354 Å². The number of hydrogen-bond donors (Lipinski definition) is 7. The van der Waals surface area contributed by atoms with Crippen LogP contribution in [0.2, 0.25) is 0 Å². The Morgan fingerprint density at radius 2 is 0.772 bits per heavy atom. The Kier molecular flexibility index (Phi) is 46.1. The number of primary amides is 2. The number of Topliss-reactive ketones (excluding diaryl/α,β-unsaturated/α-hetero) is 2. The number of aliphatic carboxylic acids is 1. The molecule has 0 spiro atoms. The van der Waals surface area contributed by atoms with E-state index in [1.165, 1.54) is 57.8 Å². The summed E-state index contributed by atoms with van der Waals surface area (Å²) in [6.45, 7) is 19.1. The lowest BCUT2D eigenvalue weighted by Gasteiger charge is -2.34. The summed E-state index contributed by atoms with van der Waals surface area (Å²) in [4.78, 5) is 128. The van der Waals surface area contributed by atoms with Crippen molar-refractivity contribution in [2.45, 2.75) is 309 Å². The van der Waals surface area contributed by atoms with Crippen molar-refractivity contribution in [2.75, 3.05) is 20.3 Å². The smallest absolute Gasteiger partial charge is 0.340 e. The van der Waals surface area contributed by atoms with Gasteiger partial charge in [0.2, 0.25) is 23.6 Å². The van der Waals surface area contributed by atoms with E-state index in [9.17, 15) is 63.3 Å². The number of allylic oxidation sites excluding steroid dienone is 2. The molecule has 2 rings (SSSR count). The molecule has 0 aliphatic rings. The maximum absolute atomic E-state index is 13.9. The average molecular weight is 1420 g/mol. The number of carbonyl (C=O) groups is 10. The van der Waals surface area contributed by atoms with Crippen molar-refractivity contribution < 1.29 is 86.9 Å². The third-order valence-corrected chi connectivity index (χ3v) is 16.6. The molecule has 22 heteroatoms. The Morgan fingerprint density at radius 1 is 0.455 bits per heavy atom. The number of benzene rings is 2. The third kappa shape index (κ3) is 40.7. The molecule has 4 amide bonds. The number of methoxy groups -OCH3 is 1. The second kappa shape index (κ2) is 50.8. The zero-order valence-electron chi connectivity index (χ0n) is 62.9. The molecule has 22 nitrogen and oxygen atoms in total. The number of carboxylic acids is 1. The highest BCUT2D eigenvalue weighted by Crippen LogP contribution is 2.31. The van der Waals surface area contributed by atoms with Crippen LogP contribution < -0.4 is 31.6 Å². The van der Waals surface area contributed by atoms with Crippen LogP contribution in [0, 0.1) is 11.8 Å². The van der Waals surface area contributed by atoms with E-state index in [0.717, 1.165) is 96.3 Å². The number of amides is 4. The van der Waals surface area contributed by atoms with Crippen molar-refractivity contribution in [1.29, 1.82) is 0 Å². The molecule has 570 valence electrons. The Morgan fingerprint density at radius 3 is 1.08 bits per heavy atom. The number of carboxylic acid groups (broad SMARTS) is 1. The zero-order valence-corrected chi connectivity index (χ0v) is 62.9. The Balaban J connectivity index is 0.00000101. The van der Waals surface area contributed by atoms with E-state index in [2.05, 4.69) is 38.3 Å². The van der Waals surface area contributed by atoms with Crippen molar-refractivity contribution in [1.82, 2.24) is 10.6 Å². The van der Waals surface area contributed by atoms with Crippen LogP contribution in [0.1, 0.15) is 273 Å². The van der Waals surface area contributed by atoms with Crippen LogP contribution in [0.3, 0.4) is 0 Å². The van der Waals surface area contributed by atoms with Crippen LogP contribution in [-0.2, 0) is 75.0 Å². The van der Waals surface area contributed by atoms with Crippen molar-refractivity contribution in [3.05, 3.63) is 84.0 Å². The van der Waals surface area contributed by atoms with Gasteiger partial charge in [-0.25, -0.2) is 19.2 Å². The van der Waals surface area contributed by atoms with E-state index in [0.29, 0.717) is 92.4 Å². The molecule has 0 fully saturated rings. The van der Waals surface area contributed by atoms with Gasteiger partial charge in [-0.3, -0.25) is 28.8 Å². The lowest BCUT2D eigenvalue weighted by atomic mass is 9.82. The van der Waals surface area contributed by atoms with Crippen LogP contribution in [0.25, 0.3) is 0 Å². The minimum Gasteiger partial charge on any atom is -0.494 e. The van der Waals surface area contributed by atoms with Crippen molar-refractivity contribution in [3.8, 4) is 11.5 Å². The van der Waals surface area contributed by atoms with Crippen LogP contribution >= 0.6 is 0 Å². The highest BCUT2D eigenvalue weighted by molar-refractivity contribution is 5.97. The first-order chi connectivity index (χ1) is 47.8. The normalized spacial score (nSPS) is 14.0. The summed E-state index contributed by atoms with van der Waals surface area (Å²) in [7, 11) is 1.19. The standard InChI is InChI=1S/C40H64N2O9.C39H62N2O9/c1-7-9-11-14-17-20-31(43)21-18-15-12-13-16-19-22-33(40(48,29-35(41)44)38(47)51-39(3,4)5)36(45)42-34(37(46)49-6)28-30-23-25-32(26-24-30)50-27-10-8-2;1-6-8-10-13-16-19-30(42)20-17-14-11-12-15-18-21-32(39(48,28-34(40)43)37(47)50-38(3,4)5)35(44)41-33(36(45)46)27-29-22-24-31(25-23-29)49-26-9-7-2/h19,22-26,33-34,48H,7-18,20-21,27-29H2,1-6H3,(H2,41,44)(H,42,45);18,21-25,32-33,48H,6-17,19-20,26-28H2,1-5H3,(H2,40,43)(H,41,44)(H,45,46)/b22-19+;21-18+/t33-,34+,40+;32-,33+,39+/m11/s1. The molecule has 6 atom stereocenters. The highest BCUT2D eigenvalue weighted by Gasteiger charge is 2.52. The summed E-state index contributed by atoms with van der Waals surface area (Å²) >= 11 is 0. The van der Waals surface area contributed by atoms with Gasteiger partial charge < -0.3 is 61.1 Å². The molecule has 0 radical (unpaired) electrons. The molecular formula is C79H126N4O18. The van der Waals surface area contributed by atoms with Gasteiger partial charge in [0.15, 0.2) is 11.2 Å². The van der Waals surface area contributed by atoms with Gasteiger partial charge in [0.1, 0.15) is 46.4 Å². The molecule has 0 aromatic heterocycles. The van der Waals surface area contributed by atoms with Crippen LogP contribution in [0.5, 0.6) is 11.5 Å². The van der Waals surface area contributed by atoms with Gasteiger partial charge in [-0.15, -0.1) is 0 Å². The van der Waals surface area contributed by atoms with Gasteiger partial charge in [-0.2, -0.15) is 0 Å². The molecule has 101 heavy (non-hydrogen) atoms. The van der Waals surface area contributed by atoms with Crippen LogP contribution in [0.4, 0.5) is 0 Å². The first-order valence-electron chi connectivity index (χ1n) is 37.0. The molecular weight excluding hydrogens is 1290 g/mol. The molecule has 2 aromatic rings. The summed E-state index contributed by atoms with van der Waals surface area (Å²) in [6.07, 6.45) is 28.9. The molecule has 0 bridgehead atoms. The van der Waals surface area contributed by atoms with Gasteiger partial charge >= 0.3 is 23.9 Å². The van der Waals surface area contributed by atoms with Crippen LogP contribution in [-0.4, -0.2) is 129 Å². The zero-order chi connectivity index (χ0) is 75.9. The van der Waals surface area contributed by atoms with Gasteiger partial charge in [0.05, 0.1) is 45.0 Å². The number of nitrogens with one attached hydrogen (secondary N) is 2. The maximum atomic E-state index is 13.9. The van der Waals surface area contributed by atoms with Gasteiger partial charge in [0, 0.05) is 38.5 Å². The predicted molar refractivity (Wildman–Crippen MR) is 391 cm³/mol. The summed E-state index contributed by atoms with van der Waals surface area (Å²) in [6, 6.07) is 11.3. The SMILES string of the molecule is CCCCCCCC(=O)CCCCCC/C=C/[C@H](C(=O)N[C@@H](Cc1ccc(OCCCC)cc1)C(=O)O)[C@@](O)(CC(N)=O)C(=O)OC(C)(C)C.CCCCCCCC(=O)CCCCCC/C=C/[C@H](C(=O)N[C@@H](Cc1ccc(OCCCC)cc1)C(=O)OC)[C@@](O)(CC(N)=O)C(=O)OC(C)(C)C. The molecule has 2 aromatic carbocycles. The fraction of sp³-hybridized carbons (Fsp3) is 0.671. The first kappa shape index (κ1) is 91.6. The van der Waals surface area contributed by atoms with E-state index < -0.39 is 107 Å². The summed E-state index contributed by atoms with van der Waals surface area (Å²) < 4.78 is 27.2. The number of hydrogen-bond acceptors (Lipinski definition) is 17. The molecule has 0 aliphatic carbocycles. The van der Waals surface area contributed by atoms with Gasteiger partial charge in [-0.1, -0.05) is 166 Å². The molecule has 0 aliphatic heterocycles. The van der Waals surface area contributed by atoms with E-state index in [4.69, 9.17) is 35.2 Å². The van der Waals surface area contributed by atoms with Crippen LogP contribution in [0.15, 0.2) is 72.8 Å². The van der Waals surface area contributed by atoms with E-state index in [1.54, 1.807) is 102 Å². The second-order valence-corrected chi connectivity index (χ2v) is 28.3. The van der Waals surface area contributed by atoms with Crippen molar-refractivity contribution in [2.24, 2.45) is 23.3 Å². The minimum absolute atomic E-state index is 0.0478. The monoisotopic (exact) mass is 1420 g/mol. The lowest BCUT2D eigenvalue weighted by molar-refractivity contribution is -0.185. The van der Waals surface area contributed by atoms with Crippen molar-refractivity contribution in [3.63, 3.8) is 0 Å². The third-order valence-electron chi connectivity index (χ3n) is 16.6. The second-order valence-electron chi connectivity index (χ2n) is 28.3. The summed E-state index contributed by atoms with van der Waals surface area (Å²) in [5.41, 5.74) is 4.72. The molecule has 9 N–H and O–H groups in total. The molecule has 0 heterocycles. The fourth-order valence-electron chi connectivity index (χ4n) is 10.9. The highest BCUT2D eigenvalue weighted by atomic mass is 16.6. The first-order valence-corrected chi connectivity index (χ1v) is 37.0. The molecule has 0 unspecified atom stereocenters. The lowest BCUT2D eigenvalue weighted by Crippen LogP contribution is -2.57. The number of carbonyl (C=O) groups excluding carboxylic acids is 9. The fourth-order valence-corrected chi connectivity index (χ4v) is 10.9. The predicted octanol–water partition coefficient (Wildman–Crippen LogP) is 12.8. The van der Waals surface area contributed by atoms with Crippen molar-refractivity contribution >= 4 is 59.1 Å². The average Bonchev–Trinajstić information content (AvgIpc) is 0.798. The number of aliphatic hydroxyl groups is 2. The summed E-state index contributed by atoms with van der Waals surface area (Å²) in [5.74, 6) is -9.81. The number of rotatable bonds is 54. The quantitative estimate of drug-likeness (QED) is 0.0140. The maximum Gasteiger partial charge on any atom is 0.340 e. The van der Waals surface area contributed by atoms with E-state index >= 15 is 0 Å². The number of ether oxygens (including phenoxy) is 5. The van der Waals surface area contributed by atoms with Gasteiger partial charge in [-0.05, 0) is 141 Å². The Labute approximate surface area is 602 Å².